The number of ether oxygens (including phenoxy) is 1. The third-order valence-corrected chi connectivity index (χ3v) is 9.72. The van der Waals surface area contributed by atoms with Crippen LogP contribution in [0.5, 0.6) is 0 Å². The molecule has 0 amide bonds. The lowest BCUT2D eigenvalue weighted by molar-refractivity contribution is -0.143. The first-order valence-corrected chi connectivity index (χ1v) is 14.9. The van der Waals surface area contributed by atoms with Crippen LogP contribution in [0.2, 0.25) is 0 Å². The Labute approximate surface area is 216 Å². The quantitative estimate of drug-likeness (QED) is 0.413. The lowest BCUT2D eigenvalue weighted by Crippen LogP contribution is -2.38. The number of hydrogen-bond donors (Lipinski definition) is 0. The van der Waals surface area contributed by atoms with Gasteiger partial charge in [0.05, 0.1) is 11.5 Å². The minimum absolute atomic E-state index is 0.179. The summed E-state index contributed by atoms with van der Waals surface area (Å²) in [6, 6.07) is 16.6. The van der Waals surface area contributed by atoms with Gasteiger partial charge in [0.25, 0.3) is 0 Å². The number of esters is 1. The van der Waals surface area contributed by atoms with Crippen molar-refractivity contribution in [2.75, 3.05) is 32.8 Å². The summed E-state index contributed by atoms with van der Waals surface area (Å²) in [6.45, 7) is 7.86. The first-order chi connectivity index (χ1) is 17.4. The topological polar surface area (TPSA) is 66.9 Å². The second kappa shape index (κ2) is 12.3. The minimum atomic E-state index is -3.51. The van der Waals surface area contributed by atoms with Gasteiger partial charge in [-0.1, -0.05) is 43.3 Å². The first kappa shape index (κ1) is 26.8. The van der Waals surface area contributed by atoms with Gasteiger partial charge in [-0.05, 0) is 86.7 Å². The lowest BCUT2D eigenvalue weighted by atomic mass is 9.95. The van der Waals surface area contributed by atoms with Crippen molar-refractivity contribution in [3.05, 3.63) is 54.1 Å². The van der Waals surface area contributed by atoms with E-state index in [1.54, 1.807) is 23.4 Å². The van der Waals surface area contributed by atoms with E-state index in [-0.39, 0.29) is 5.97 Å². The van der Waals surface area contributed by atoms with E-state index in [1.807, 2.05) is 12.1 Å². The summed E-state index contributed by atoms with van der Waals surface area (Å²) >= 11 is 0. The van der Waals surface area contributed by atoms with E-state index in [0.717, 1.165) is 43.4 Å². The van der Waals surface area contributed by atoms with Crippen LogP contribution in [0.15, 0.2) is 53.4 Å². The molecule has 0 saturated carbocycles. The number of sulfonamides is 1. The van der Waals surface area contributed by atoms with Crippen molar-refractivity contribution >= 4 is 16.0 Å². The fourth-order valence-electron chi connectivity index (χ4n) is 5.31. The third-order valence-electron chi connectivity index (χ3n) is 7.81. The van der Waals surface area contributed by atoms with Gasteiger partial charge >= 0.3 is 5.97 Å². The standard InChI is InChI=1S/C29H40N2O4S/c1-3-29(32)35-22-17-25-15-20-31(21-16-25)36(33,34)28-12-10-27(11-13-28)26-8-6-24(7-9-26)14-19-30-18-4-5-23(30)2/h6-13,23,25H,3-5,14-22H2,1-2H3/t23-/m1/s1. The van der Waals surface area contributed by atoms with Crippen molar-refractivity contribution in [1.82, 2.24) is 9.21 Å². The Morgan fingerprint density at radius 1 is 0.944 bits per heavy atom. The van der Waals surface area contributed by atoms with E-state index in [2.05, 4.69) is 36.1 Å². The van der Waals surface area contributed by atoms with Crippen molar-refractivity contribution in [3.8, 4) is 11.1 Å². The monoisotopic (exact) mass is 512 g/mol. The number of piperidine rings is 1. The van der Waals surface area contributed by atoms with Crippen molar-refractivity contribution in [2.24, 2.45) is 5.92 Å². The summed E-state index contributed by atoms with van der Waals surface area (Å²) in [7, 11) is -3.51. The normalized spacial score (nSPS) is 20.0. The van der Waals surface area contributed by atoms with Crippen LogP contribution in [0.1, 0.15) is 57.9 Å². The SMILES string of the molecule is CCC(=O)OCCC1CCN(S(=O)(=O)c2ccc(-c3ccc(CCN4CCC[C@H]4C)cc3)cc2)CC1. The minimum Gasteiger partial charge on any atom is -0.466 e. The molecule has 0 aromatic heterocycles. The van der Waals surface area contributed by atoms with E-state index in [0.29, 0.717) is 43.0 Å². The molecule has 0 unspecified atom stereocenters. The van der Waals surface area contributed by atoms with E-state index >= 15 is 0 Å². The molecule has 6 nitrogen and oxygen atoms in total. The summed E-state index contributed by atoms with van der Waals surface area (Å²) in [5.41, 5.74) is 3.46. The number of carbonyl (C=O) groups excluding carboxylic acids is 1. The number of rotatable bonds is 10. The molecule has 0 aliphatic carbocycles. The van der Waals surface area contributed by atoms with E-state index < -0.39 is 10.0 Å². The molecular weight excluding hydrogens is 472 g/mol. The van der Waals surface area contributed by atoms with Crippen LogP contribution in [0, 0.1) is 5.92 Å². The Morgan fingerprint density at radius 3 is 2.17 bits per heavy atom. The van der Waals surface area contributed by atoms with Gasteiger partial charge in [-0.25, -0.2) is 8.42 Å². The Hall–Kier alpha value is -2.22. The Morgan fingerprint density at radius 2 is 1.58 bits per heavy atom. The molecule has 2 aliphatic rings. The summed E-state index contributed by atoms with van der Waals surface area (Å²) < 4.78 is 33.1. The predicted octanol–water partition coefficient (Wildman–Crippen LogP) is 5.12. The molecule has 36 heavy (non-hydrogen) atoms. The Kier molecular flexibility index (Phi) is 9.20. The molecule has 0 N–H and O–H groups in total. The molecule has 1 atom stereocenters. The van der Waals surface area contributed by atoms with Crippen LogP contribution in [0.25, 0.3) is 11.1 Å². The van der Waals surface area contributed by atoms with Gasteiger partial charge in [0, 0.05) is 32.1 Å². The van der Waals surface area contributed by atoms with Crippen molar-refractivity contribution in [1.29, 1.82) is 0 Å². The van der Waals surface area contributed by atoms with Crippen LogP contribution < -0.4 is 0 Å². The summed E-state index contributed by atoms with van der Waals surface area (Å²) in [5, 5.41) is 0. The van der Waals surface area contributed by atoms with Gasteiger partial charge in [0.1, 0.15) is 0 Å². The number of benzene rings is 2. The highest BCUT2D eigenvalue weighted by atomic mass is 32.2. The largest absolute Gasteiger partial charge is 0.466 e. The molecule has 4 rings (SSSR count). The van der Waals surface area contributed by atoms with Crippen molar-refractivity contribution in [3.63, 3.8) is 0 Å². The second-order valence-electron chi connectivity index (χ2n) is 10.2. The van der Waals surface area contributed by atoms with Gasteiger partial charge in [-0.3, -0.25) is 4.79 Å². The average molecular weight is 513 g/mol. The average Bonchev–Trinajstić information content (AvgIpc) is 3.32. The third kappa shape index (κ3) is 6.75. The molecule has 2 aromatic rings. The first-order valence-electron chi connectivity index (χ1n) is 13.5. The highest BCUT2D eigenvalue weighted by Crippen LogP contribution is 2.28. The molecule has 7 heteroatoms. The van der Waals surface area contributed by atoms with E-state index in [4.69, 9.17) is 4.74 Å². The van der Waals surface area contributed by atoms with Gasteiger partial charge in [-0.2, -0.15) is 4.31 Å². The zero-order valence-electron chi connectivity index (χ0n) is 21.7. The molecule has 2 fully saturated rings. The maximum absolute atomic E-state index is 13.2. The second-order valence-corrected chi connectivity index (χ2v) is 12.1. The van der Waals surface area contributed by atoms with Crippen molar-refractivity contribution in [2.45, 2.75) is 69.7 Å². The molecule has 2 aliphatic heterocycles. The van der Waals surface area contributed by atoms with Gasteiger partial charge < -0.3 is 9.64 Å². The van der Waals surface area contributed by atoms with Gasteiger partial charge in [-0.15, -0.1) is 0 Å². The highest BCUT2D eigenvalue weighted by molar-refractivity contribution is 7.89. The van der Waals surface area contributed by atoms with Crippen LogP contribution in [-0.2, 0) is 26.0 Å². The molecule has 0 radical (unpaired) electrons. The molecule has 2 saturated heterocycles. The zero-order chi connectivity index (χ0) is 25.5. The van der Waals surface area contributed by atoms with Crippen LogP contribution >= 0.6 is 0 Å². The van der Waals surface area contributed by atoms with Gasteiger partial charge in [0.2, 0.25) is 10.0 Å². The van der Waals surface area contributed by atoms with E-state index in [9.17, 15) is 13.2 Å². The molecule has 0 spiro atoms. The number of carbonyl (C=O) groups is 1. The molecule has 2 aromatic carbocycles. The zero-order valence-corrected chi connectivity index (χ0v) is 22.5. The van der Waals surface area contributed by atoms with E-state index in [1.165, 1.54) is 24.9 Å². The number of likely N-dealkylation sites (tertiary alicyclic amines) is 1. The molecule has 0 bridgehead atoms. The van der Waals surface area contributed by atoms with Crippen LogP contribution in [0.3, 0.4) is 0 Å². The summed E-state index contributed by atoms with van der Waals surface area (Å²) in [4.78, 5) is 14.2. The smallest absolute Gasteiger partial charge is 0.305 e. The van der Waals surface area contributed by atoms with Crippen LogP contribution in [-0.4, -0.2) is 62.4 Å². The fraction of sp³-hybridized carbons (Fsp3) is 0.552. The molecule has 196 valence electrons. The Bertz CT molecular complexity index is 1090. The highest BCUT2D eigenvalue weighted by Gasteiger charge is 2.29. The maximum Gasteiger partial charge on any atom is 0.305 e. The molecular formula is C29H40N2O4S. The van der Waals surface area contributed by atoms with Crippen molar-refractivity contribution < 1.29 is 17.9 Å². The maximum atomic E-state index is 13.2. The Balaban J connectivity index is 1.29. The van der Waals surface area contributed by atoms with Gasteiger partial charge in [0.15, 0.2) is 0 Å². The molecule has 2 heterocycles. The lowest BCUT2D eigenvalue weighted by Gasteiger charge is -2.31. The van der Waals surface area contributed by atoms with Crippen LogP contribution in [0.4, 0.5) is 0 Å². The summed E-state index contributed by atoms with van der Waals surface area (Å²) in [5.74, 6) is 0.215. The fourth-order valence-corrected chi connectivity index (χ4v) is 6.78. The number of nitrogens with zero attached hydrogens (tertiary/aromatic N) is 2. The predicted molar refractivity (Wildman–Crippen MR) is 143 cm³/mol. The summed E-state index contributed by atoms with van der Waals surface area (Å²) in [6.07, 6.45) is 6.45. The number of hydrogen-bond acceptors (Lipinski definition) is 5.